The highest BCUT2D eigenvalue weighted by molar-refractivity contribution is 6.31. The largest absolute Gasteiger partial charge is 0.478 e. The van der Waals surface area contributed by atoms with Crippen LogP contribution in [-0.4, -0.2) is 29.7 Å². The molecule has 3 rings (SSSR count). The molecule has 144 valence electrons. The van der Waals surface area contributed by atoms with Gasteiger partial charge in [-0.3, -0.25) is 9.59 Å². The van der Waals surface area contributed by atoms with Crippen LogP contribution in [0.15, 0.2) is 48.6 Å². The predicted octanol–water partition coefficient (Wildman–Crippen LogP) is 2.58. The fourth-order valence-corrected chi connectivity index (χ4v) is 2.64. The SMILES string of the molecule is O=C(O)C=CC(=O)Nc1ccc(Cl)cc1C(=O)NCc1ccc2c(c1)OCO2. The van der Waals surface area contributed by atoms with Crippen molar-refractivity contribution in [2.24, 2.45) is 0 Å². The molecule has 0 unspecified atom stereocenters. The molecule has 0 bridgehead atoms. The minimum absolute atomic E-state index is 0.144. The number of amides is 2. The third-order valence-electron chi connectivity index (χ3n) is 3.75. The molecule has 0 radical (unpaired) electrons. The van der Waals surface area contributed by atoms with E-state index in [-0.39, 0.29) is 24.6 Å². The van der Waals surface area contributed by atoms with Crippen LogP contribution in [0.4, 0.5) is 5.69 Å². The molecule has 1 aliphatic heterocycles. The molecule has 0 saturated heterocycles. The summed E-state index contributed by atoms with van der Waals surface area (Å²) in [7, 11) is 0. The molecular formula is C19H15ClN2O6. The van der Waals surface area contributed by atoms with Crippen LogP contribution >= 0.6 is 11.6 Å². The summed E-state index contributed by atoms with van der Waals surface area (Å²) < 4.78 is 10.5. The summed E-state index contributed by atoms with van der Waals surface area (Å²) in [6, 6.07) is 9.69. The summed E-state index contributed by atoms with van der Waals surface area (Å²) in [5.41, 5.74) is 1.15. The van der Waals surface area contributed by atoms with E-state index >= 15 is 0 Å². The number of nitrogens with one attached hydrogen (secondary N) is 2. The molecule has 0 aromatic heterocycles. The summed E-state index contributed by atoms with van der Waals surface area (Å²) >= 11 is 5.97. The molecule has 2 aromatic carbocycles. The average molecular weight is 403 g/mol. The molecule has 28 heavy (non-hydrogen) atoms. The lowest BCUT2D eigenvalue weighted by atomic mass is 10.1. The van der Waals surface area contributed by atoms with E-state index in [2.05, 4.69) is 10.6 Å². The Hall–Kier alpha value is -3.52. The Morgan fingerprint density at radius 1 is 1.07 bits per heavy atom. The second kappa shape index (κ2) is 8.45. The third-order valence-corrected chi connectivity index (χ3v) is 3.99. The summed E-state index contributed by atoms with van der Waals surface area (Å²) in [6.07, 6.45) is 1.55. The van der Waals surface area contributed by atoms with Gasteiger partial charge in [-0.2, -0.15) is 0 Å². The molecular weight excluding hydrogens is 388 g/mol. The number of carboxylic acids is 1. The molecule has 9 heteroatoms. The lowest BCUT2D eigenvalue weighted by Gasteiger charge is -2.11. The second-order valence-electron chi connectivity index (χ2n) is 5.72. The number of benzene rings is 2. The Bertz CT molecular complexity index is 973. The lowest BCUT2D eigenvalue weighted by Crippen LogP contribution is -2.24. The number of halogens is 1. The monoisotopic (exact) mass is 402 g/mol. The smallest absolute Gasteiger partial charge is 0.328 e. The van der Waals surface area contributed by atoms with Crippen molar-refractivity contribution in [2.75, 3.05) is 12.1 Å². The zero-order chi connectivity index (χ0) is 20.1. The van der Waals surface area contributed by atoms with Crippen molar-refractivity contribution < 1.29 is 29.0 Å². The van der Waals surface area contributed by atoms with Gasteiger partial charge in [-0.05, 0) is 35.9 Å². The van der Waals surface area contributed by atoms with Gasteiger partial charge in [0.1, 0.15) is 0 Å². The van der Waals surface area contributed by atoms with E-state index in [0.29, 0.717) is 22.6 Å². The highest BCUT2D eigenvalue weighted by atomic mass is 35.5. The summed E-state index contributed by atoms with van der Waals surface area (Å²) in [5.74, 6) is -1.16. The van der Waals surface area contributed by atoms with Crippen LogP contribution in [0.3, 0.4) is 0 Å². The Kier molecular flexibility index (Phi) is 5.81. The fraction of sp³-hybridized carbons (Fsp3) is 0.105. The maximum atomic E-state index is 12.6. The van der Waals surface area contributed by atoms with Crippen molar-refractivity contribution in [3.8, 4) is 11.5 Å². The molecule has 1 aliphatic rings. The molecule has 0 saturated carbocycles. The van der Waals surface area contributed by atoms with E-state index in [4.69, 9.17) is 26.2 Å². The van der Waals surface area contributed by atoms with E-state index < -0.39 is 17.8 Å². The molecule has 2 amide bonds. The first-order valence-electron chi connectivity index (χ1n) is 8.10. The van der Waals surface area contributed by atoms with Crippen LogP contribution in [0.1, 0.15) is 15.9 Å². The molecule has 8 nitrogen and oxygen atoms in total. The molecule has 2 aromatic rings. The topological polar surface area (TPSA) is 114 Å². The lowest BCUT2D eigenvalue weighted by molar-refractivity contribution is -0.131. The number of anilines is 1. The van der Waals surface area contributed by atoms with Crippen molar-refractivity contribution >= 4 is 35.1 Å². The van der Waals surface area contributed by atoms with E-state index in [1.807, 2.05) is 0 Å². The van der Waals surface area contributed by atoms with E-state index in [1.54, 1.807) is 18.2 Å². The highest BCUT2D eigenvalue weighted by Gasteiger charge is 2.16. The van der Waals surface area contributed by atoms with Gasteiger partial charge in [0.2, 0.25) is 12.7 Å². The summed E-state index contributed by atoms with van der Waals surface area (Å²) in [4.78, 5) is 34.9. The van der Waals surface area contributed by atoms with Gasteiger partial charge in [-0.1, -0.05) is 17.7 Å². The molecule has 0 aliphatic carbocycles. The molecule has 3 N–H and O–H groups in total. The van der Waals surface area contributed by atoms with E-state index in [9.17, 15) is 14.4 Å². The van der Waals surface area contributed by atoms with Gasteiger partial charge in [-0.25, -0.2) is 4.79 Å². The number of carboxylic acid groups (broad SMARTS) is 1. The minimum Gasteiger partial charge on any atom is -0.478 e. The number of ether oxygens (including phenoxy) is 2. The molecule has 1 heterocycles. The first kappa shape index (κ1) is 19.2. The summed E-state index contributed by atoms with van der Waals surface area (Å²) in [6.45, 7) is 0.376. The number of fused-ring (bicyclic) bond motifs is 1. The first-order chi connectivity index (χ1) is 13.4. The quantitative estimate of drug-likeness (QED) is 0.640. The number of rotatable bonds is 6. The second-order valence-corrected chi connectivity index (χ2v) is 6.16. The van der Waals surface area contributed by atoms with Crippen molar-refractivity contribution in [1.29, 1.82) is 0 Å². The normalized spacial score (nSPS) is 12.0. The zero-order valence-electron chi connectivity index (χ0n) is 14.4. The Morgan fingerprint density at radius 3 is 2.64 bits per heavy atom. The van der Waals surface area contributed by atoms with Gasteiger partial charge in [0.05, 0.1) is 11.3 Å². The highest BCUT2D eigenvalue weighted by Crippen LogP contribution is 2.32. The zero-order valence-corrected chi connectivity index (χ0v) is 15.2. The van der Waals surface area contributed by atoms with Gasteiger partial charge in [0.25, 0.3) is 5.91 Å². The van der Waals surface area contributed by atoms with Crippen molar-refractivity contribution in [3.63, 3.8) is 0 Å². The molecule has 0 atom stereocenters. The van der Waals surface area contributed by atoms with Crippen LogP contribution in [0.25, 0.3) is 0 Å². The van der Waals surface area contributed by atoms with Gasteiger partial charge in [-0.15, -0.1) is 0 Å². The van der Waals surface area contributed by atoms with Crippen molar-refractivity contribution in [3.05, 3.63) is 64.7 Å². The van der Waals surface area contributed by atoms with Gasteiger partial charge in [0.15, 0.2) is 11.5 Å². The Morgan fingerprint density at radius 2 is 1.86 bits per heavy atom. The van der Waals surface area contributed by atoms with Gasteiger partial charge >= 0.3 is 5.97 Å². The standard InChI is InChI=1S/C19H15ClN2O6/c20-12-2-3-14(22-17(23)5-6-18(24)25)13(8-12)19(26)21-9-11-1-4-15-16(7-11)28-10-27-15/h1-8H,9-10H2,(H,21,26)(H,22,23)(H,24,25). The molecule has 0 fully saturated rings. The number of carbonyl (C=O) groups is 3. The van der Waals surface area contributed by atoms with E-state index in [0.717, 1.165) is 11.6 Å². The van der Waals surface area contributed by atoms with Crippen LogP contribution in [0.2, 0.25) is 5.02 Å². The number of carbonyl (C=O) groups excluding carboxylic acids is 2. The van der Waals surface area contributed by atoms with Crippen LogP contribution in [-0.2, 0) is 16.1 Å². The maximum absolute atomic E-state index is 12.6. The fourth-order valence-electron chi connectivity index (χ4n) is 2.46. The van der Waals surface area contributed by atoms with Crippen LogP contribution in [0, 0.1) is 0 Å². The van der Waals surface area contributed by atoms with Crippen LogP contribution in [0.5, 0.6) is 11.5 Å². The number of aliphatic carboxylic acids is 1. The maximum Gasteiger partial charge on any atom is 0.328 e. The number of hydrogen-bond acceptors (Lipinski definition) is 5. The summed E-state index contributed by atoms with van der Waals surface area (Å²) in [5, 5.41) is 14.1. The molecule has 0 spiro atoms. The van der Waals surface area contributed by atoms with E-state index in [1.165, 1.54) is 18.2 Å². The Labute approximate surface area is 164 Å². The van der Waals surface area contributed by atoms with Crippen molar-refractivity contribution in [2.45, 2.75) is 6.54 Å². The van der Waals surface area contributed by atoms with Gasteiger partial charge < -0.3 is 25.2 Å². The Balaban J connectivity index is 1.71. The minimum atomic E-state index is -1.26. The van der Waals surface area contributed by atoms with Gasteiger partial charge in [0, 0.05) is 23.7 Å². The first-order valence-corrected chi connectivity index (χ1v) is 8.48. The third kappa shape index (κ3) is 4.80. The predicted molar refractivity (Wildman–Crippen MR) is 101 cm³/mol. The number of hydrogen-bond donors (Lipinski definition) is 3. The van der Waals surface area contributed by atoms with Crippen molar-refractivity contribution in [1.82, 2.24) is 5.32 Å². The van der Waals surface area contributed by atoms with Crippen LogP contribution < -0.4 is 20.1 Å². The average Bonchev–Trinajstić information content (AvgIpc) is 3.13.